The van der Waals surface area contributed by atoms with Crippen LogP contribution in [-0.2, 0) is 9.63 Å². The van der Waals surface area contributed by atoms with E-state index in [4.69, 9.17) is 28.0 Å². The molecule has 0 fully saturated rings. The molecule has 0 radical (unpaired) electrons. The van der Waals surface area contributed by atoms with Gasteiger partial charge in [0.2, 0.25) is 0 Å². The Balaban J connectivity index is 2.28. The number of ketones is 1. The van der Waals surface area contributed by atoms with E-state index in [0.29, 0.717) is 5.57 Å². The minimum absolute atomic E-state index is 0.0820. The predicted octanol–water partition coefficient (Wildman–Crippen LogP) is 3.88. The summed E-state index contributed by atoms with van der Waals surface area (Å²) >= 11 is 12.5. The molecule has 0 aromatic heterocycles. The van der Waals surface area contributed by atoms with Gasteiger partial charge in [-0.2, -0.15) is 0 Å². The molecule has 0 saturated heterocycles. The summed E-state index contributed by atoms with van der Waals surface area (Å²) in [6.45, 7) is 5.16. The summed E-state index contributed by atoms with van der Waals surface area (Å²) in [5.74, 6) is -1.21. The van der Waals surface area contributed by atoms with Gasteiger partial charge in [-0.25, -0.2) is 4.79 Å². The van der Waals surface area contributed by atoms with Crippen LogP contribution in [0.2, 0.25) is 0 Å². The Kier molecular flexibility index (Phi) is 5.83. The van der Waals surface area contributed by atoms with Gasteiger partial charge < -0.3 is 4.84 Å². The Morgan fingerprint density at radius 2 is 1.92 bits per heavy atom. The molecular formula is C17H16Cl2N2O5. The summed E-state index contributed by atoms with van der Waals surface area (Å²) in [6.07, 6.45) is 1.47. The molecule has 0 aliphatic heterocycles. The molecule has 2 unspecified atom stereocenters. The van der Waals surface area contributed by atoms with Gasteiger partial charge >= 0.3 is 5.97 Å². The Morgan fingerprint density at radius 1 is 1.35 bits per heavy atom. The van der Waals surface area contributed by atoms with Crippen LogP contribution in [0, 0.1) is 16.0 Å². The minimum Gasteiger partial charge on any atom is -0.312 e. The fourth-order valence-electron chi connectivity index (χ4n) is 2.31. The smallest absolute Gasteiger partial charge is 0.312 e. The van der Waals surface area contributed by atoms with E-state index in [2.05, 4.69) is 5.16 Å². The molecule has 138 valence electrons. The molecule has 1 aliphatic rings. The van der Waals surface area contributed by atoms with Crippen LogP contribution >= 0.6 is 23.2 Å². The molecule has 0 spiro atoms. The number of carbonyl (C=O) groups is 2. The molecule has 0 amide bonds. The van der Waals surface area contributed by atoms with Crippen LogP contribution in [0.3, 0.4) is 0 Å². The maximum atomic E-state index is 12.3. The van der Waals surface area contributed by atoms with Gasteiger partial charge in [0.25, 0.3) is 5.69 Å². The Hall–Kier alpha value is -2.25. The summed E-state index contributed by atoms with van der Waals surface area (Å²) < 4.78 is 0. The predicted molar refractivity (Wildman–Crippen MR) is 97.8 cm³/mol. The lowest BCUT2D eigenvalue weighted by atomic mass is 9.82. The van der Waals surface area contributed by atoms with Gasteiger partial charge in [0.1, 0.15) is 16.0 Å². The fourth-order valence-corrected chi connectivity index (χ4v) is 2.74. The topological polar surface area (TPSA) is 98.9 Å². The summed E-state index contributed by atoms with van der Waals surface area (Å²) in [6, 6.07) is 4.87. The third-order valence-corrected chi connectivity index (χ3v) is 5.10. The zero-order valence-electron chi connectivity index (χ0n) is 14.2. The first-order valence-corrected chi connectivity index (χ1v) is 8.50. The van der Waals surface area contributed by atoms with E-state index in [-0.39, 0.29) is 28.7 Å². The van der Waals surface area contributed by atoms with E-state index < -0.39 is 21.1 Å². The molecule has 1 aromatic carbocycles. The van der Waals surface area contributed by atoms with Crippen molar-refractivity contribution < 1.29 is 19.3 Å². The van der Waals surface area contributed by atoms with E-state index in [1.54, 1.807) is 0 Å². The first-order chi connectivity index (χ1) is 12.1. The van der Waals surface area contributed by atoms with Gasteiger partial charge in [0.15, 0.2) is 5.78 Å². The number of nitro benzene ring substituents is 1. The van der Waals surface area contributed by atoms with E-state index >= 15 is 0 Å². The van der Waals surface area contributed by atoms with E-state index in [1.807, 2.05) is 13.8 Å². The lowest BCUT2D eigenvalue weighted by Crippen LogP contribution is -2.47. The number of hydrogen-bond donors (Lipinski definition) is 0. The van der Waals surface area contributed by atoms with Crippen LogP contribution in [0.25, 0.3) is 0 Å². The Bertz CT molecular complexity index is 813. The number of non-ortho nitro benzene ring substituents is 1. The van der Waals surface area contributed by atoms with Crippen LogP contribution in [0.4, 0.5) is 5.69 Å². The highest BCUT2D eigenvalue weighted by atomic mass is 35.5. The minimum atomic E-state index is -1.34. The molecule has 0 saturated carbocycles. The highest BCUT2D eigenvalue weighted by Gasteiger charge is 2.45. The SMILES string of the molecule is CC(C)C1=C/C(=N\OC(=O)c2ccc([N+](=O)[O-])cc2)C(C)(Cl)C(Cl)C1=O. The van der Waals surface area contributed by atoms with Crippen LogP contribution in [0.5, 0.6) is 0 Å². The quantitative estimate of drug-likeness (QED) is 0.331. The first-order valence-electron chi connectivity index (χ1n) is 7.68. The highest BCUT2D eigenvalue weighted by Crippen LogP contribution is 2.35. The summed E-state index contributed by atoms with van der Waals surface area (Å²) in [7, 11) is 0. The molecule has 7 nitrogen and oxygen atoms in total. The van der Waals surface area contributed by atoms with Crippen molar-refractivity contribution in [2.45, 2.75) is 31.0 Å². The number of nitrogens with zero attached hydrogens (tertiary/aromatic N) is 2. The van der Waals surface area contributed by atoms with Crippen LogP contribution in [-0.4, -0.2) is 32.6 Å². The number of nitro groups is 1. The number of Topliss-reactive ketones (excluding diaryl/α,β-unsaturated/α-hetero) is 1. The number of hydrogen-bond acceptors (Lipinski definition) is 6. The van der Waals surface area contributed by atoms with Crippen molar-refractivity contribution >= 4 is 46.4 Å². The molecule has 0 N–H and O–H groups in total. The second-order valence-electron chi connectivity index (χ2n) is 6.22. The van der Waals surface area contributed by atoms with Crippen LogP contribution < -0.4 is 0 Å². The van der Waals surface area contributed by atoms with Crippen molar-refractivity contribution in [3.8, 4) is 0 Å². The average molecular weight is 399 g/mol. The number of oxime groups is 1. The van der Waals surface area contributed by atoms with E-state index in [0.717, 1.165) is 0 Å². The molecule has 2 rings (SSSR count). The second-order valence-corrected chi connectivity index (χ2v) is 7.44. The molecule has 0 bridgehead atoms. The number of benzene rings is 1. The maximum Gasteiger partial charge on any atom is 0.365 e. The molecular weight excluding hydrogens is 383 g/mol. The zero-order chi connectivity index (χ0) is 19.6. The van der Waals surface area contributed by atoms with Crippen molar-refractivity contribution in [2.75, 3.05) is 0 Å². The number of alkyl halides is 2. The molecule has 2 atom stereocenters. The molecule has 0 heterocycles. The van der Waals surface area contributed by atoms with Crippen molar-refractivity contribution in [2.24, 2.45) is 11.1 Å². The van der Waals surface area contributed by atoms with Gasteiger partial charge in [-0.3, -0.25) is 14.9 Å². The molecule has 1 aromatic rings. The van der Waals surface area contributed by atoms with Gasteiger partial charge in [-0.1, -0.05) is 19.0 Å². The monoisotopic (exact) mass is 398 g/mol. The maximum absolute atomic E-state index is 12.3. The Labute approximate surface area is 159 Å². The zero-order valence-corrected chi connectivity index (χ0v) is 15.7. The summed E-state index contributed by atoms with van der Waals surface area (Å²) in [5.41, 5.74) is 0.520. The number of halogens is 2. The van der Waals surface area contributed by atoms with Crippen molar-refractivity contribution in [3.63, 3.8) is 0 Å². The summed E-state index contributed by atoms with van der Waals surface area (Å²) in [5, 5.41) is 13.4. The third kappa shape index (κ3) is 3.94. The summed E-state index contributed by atoms with van der Waals surface area (Å²) in [4.78, 5) is 38.0. The van der Waals surface area contributed by atoms with Gasteiger partial charge in [-0.15, -0.1) is 23.2 Å². The van der Waals surface area contributed by atoms with E-state index in [9.17, 15) is 19.7 Å². The number of rotatable bonds is 4. The normalized spacial score (nSPS) is 24.5. The highest BCUT2D eigenvalue weighted by molar-refractivity contribution is 6.51. The van der Waals surface area contributed by atoms with Crippen molar-refractivity contribution in [3.05, 3.63) is 51.6 Å². The van der Waals surface area contributed by atoms with Gasteiger partial charge in [0.05, 0.1) is 10.5 Å². The van der Waals surface area contributed by atoms with Crippen LogP contribution in [0.1, 0.15) is 31.1 Å². The number of allylic oxidation sites excluding steroid dienone is 2. The van der Waals surface area contributed by atoms with Crippen molar-refractivity contribution in [1.29, 1.82) is 0 Å². The standard InChI is InChI=1S/C17H16Cl2N2O5/c1-9(2)12-8-13(17(3,19)15(18)14(12)22)20-26-16(23)10-4-6-11(7-5-10)21(24)25/h4-9,15H,1-3H3/b20-13+. The average Bonchev–Trinajstić information content (AvgIpc) is 2.58. The van der Waals surface area contributed by atoms with Crippen molar-refractivity contribution in [1.82, 2.24) is 0 Å². The molecule has 1 aliphatic carbocycles. The Morgan fingerprint density at radius 3 is 2.42 bits per heavy atom. The molecule has 9 heteroatoms. The van der Waals surface area contributed by atoms with Gasteiger partial charge in [-0.05, 0) is 31.1 Å². The third-order valence-electron chi connectivity index (χ3n) is 3.95. The van der Waals surface area contributed by atoms with E-state index in [1.165, 1.54) is 37.3 Å². The largest absolute Gasteiger partial charge is 0.365 e. The fraction of sp³-hybridized carbons (Fsp3) is 0.353. The number of carbonyl (C=O) groups excluding carboxylic acids is 2. The first kappa shape index (κ1) is 20.1. The van der Waals surface area contributed by atoms with Crippen LogP contribution in [0.15, 0.2) is 41.1 Å². The van der Waals surface area contributed by atoms with Gasteiger partial charge in [0, 0.05) is 17.7 Å². The second kappa shape index (κ2) is 7.55. The molecule has 26 heavy (non-hydrogen) atoms. The lowest BCUT2D eigenvalue weighted by molar-refractivity contribution is -0.384. The lowest BCUT2D eigenvalue weighted by Gasteiger charge is -2.32.